The molecule has 1 N–H and O–H groups in total. The predicted octanol–water partition coefficient (Wildman–Crippen LogP) is 9.34. The number of para-hydroxylation sites is 1. The fourth-order valence-electron chi connectivity index (χ4n) is 3.85. The highest BCUT2D eigenvalue weighted by Gasteiger charge is 2.16. The molecule has 186 valence electrons. The number of ketones is 1. The van der Waals surface area contributed by atoms with Crippen molar-refractivity contribution in [3.05, 3.63) is 111 Å². The molecule has 0 unspecified atom stereocenters. The first-order valence-corrected chi connectivity index (χ1v) is 13.2. The van der Waals surface area contributed by atoms with Gasteiger partial charge in [-0.2, -0.15) is 0 Å². The summed E-state index contributed by atoms with van der Waals surface area (Å²) in [4.78, 5) is 15.2. The Morgan fingerprint density at radius 1 is 0.865 bits per heavy atom. The molecule has 8 heteroatoms. The van der Waals surface area contributed by atoms with Crippen LogP contribution in [-0.2, 0) is 6.61 Å². The molecule has 1 aliphatic rings. The molecule has 0 saturated carbocycles. The Balaban J connectivity index is 1.31. The van der Waals surface area contributed by atoms with Gasteiger partial charge in [-0.15, -0.1) is 0 Å². The van der Waals surface area contributed by atoms with E-state index in [9.17, 15) is 4.79 Å². The minimum absolute atomic E-state index is 0.0929. The lowest BCUT2D eigenvalue weighted by Gasteiger charge is -2.20. The van der Waals surface area contributed by atoms with E-state index in [1.54, 1.807) is 37.1 Å². The summed E-state index contributed by atoms with van der Waals surface area (Å²) in [5, 5.41) is 4.48. The Kier molecular flexibility index (Phi) is 7.68. The van der Waals surface area contributed by atoms with Crippen molar-refractivity contribution in [1.82, 2.24) is 0 Å². The van der Waals surface area contributed by atoms with Crippen LogP contribution in [0.5, 0.6) is 11.5 Å². The Bertz CT molecular complexity index is 1540. The average Bonchev–Trinajstić information content (AvgIpc) is 2.91. The van der Waals surface area contributed by atoms with Crippen molar-refractivity contribution in [2.24, 2.45) is 0 Å². The Hall–Kier alpha value is -3.09. The van der Waals surface area contributed by atoms with Crippen molar-refractivity contribution in [3.8, 4) is 11.5 Å². The van der Waals surface area contributed by atoms with Gasteiger partial charge in [-0.1, -0.05) is 70.8 Å². The van der Waals surface area contributed by atoms with Gasteiger partial charge >= 0.3 is 0 Å². The maximum Gasteiger partial charge on any atom is 0.185 e. The van der Waals surface area contributed by atoms with Gasteiger partial charge in [0, 0.05) is 27.0 Å². The molecule has 1 aliphatic heterocycles. The molecule has 0 atom stereocenters. The number of ether oxygens (including phenoxy) is 2. The summed E-state index contributed by atoms with van der Waals surface area (Å²) in [6.07, 6.45) is 3.34. The summed E-state index contributed by atoms with van der Waals surface area (Å²) in [5.74, 6) is 0.971. The van der Waals surface area contributed by atoms with Crippen LogP contribution in [0.2, 0.25) is 15.1 Å². The third-order valence-electron chi connectivity index (χ3n) is 5.73. The molecule has 0 amide bonds. The summed E-state index contributed by atoms with van der Waals surface area (Å²) in [6, 6.07) is 22.5. The number of allylic oxidation sites excluding steroid dienone is 1. The van der Waals surface area contributed by atoms with E-state index in [1.165, 1.54) is 6.07 Å². The second-order valence-corrected chi connectivity index (χ2v) is 10.5. The van der Waals surface area contributed by atoms with Gasteiger partial charge in [0.1, 0.15) is 18.1 Å². The molecule has 0 spiro atoms. The first-order chi connectivity index (χ1) is 17.9. The van der Waals surface area contributed by atoms with Crippen molar-refractivity contribution >= 4 is 69.8 Å². The van der Waals surface area contributed by atoms with Crippen LogP contribution < -0.4 is 14.8 Å². The second-order valence-electron chi connectivity index (χ2n) is 8.19. The Morgan fingerprint density at radius 2 is 1.65 bits per heavy atom. The average molecular weight is 569 g/mol. The van der Waals surface area contributed by atoms with Gasteiger partial charge in [0.05, 0.1) is 33.6 Å². The van der Waals surface area contributed by atoms with Crippen LogP contribution >= 0.6 is 46.6 Å². The topological polar surface area (TPSA) is 47.6 Å². The molecule has 5 rings (SSSR count). The zero-order valence-corrected chi connectivity index (χ0v) is 22.6. The van der Waals surface area contributed by atoms with E-state index in [0.29, 0.717) is 32.1 Å². The smallest absolute Gasteiger partial charge is 0.185 e. The molecule has 4 aromatic rings. The zero-order valence-electron chi connectivity index (χ0n) is 19.6. The van der Waals surface area contributed by atoms with Crippen molar-refractivity contribution in [2.45, 2.75) is 16.4 Å². The lowest BCUT2D eigenvalue weighted by atomic mass is 10.1. The van der Waals surface area contributed by atoms with Crippen LogP contribution in [0.25, 0.3) is 6.08 Å². The number of benzene rings is 4. The molecule has 1 heterocycles. The third-order valence-corrected chi connectivity index (χ3v) is 7.90. The lowest BCUT2D eigenvalue weighted by molar-refractivity contribution is 0.104. The largest absolute Gasteiger partial charge is 0.496 e. The van der Waals surface area contributed by atoms with E-state index in [-0.39, 0.29) is 12.4 Å². The number of carbonyl (C=O) groups is 1. The van der Waals surface area contributed by atoms with Gasteiger partial charge in [-0.25, -0.2) is 0 Å². The molecule has 4 aromatic carbocycles. The van der Waals surface area contributed by atoms with Gasteiger partial charge in [-0.3, -0.25) is 4.79 Å². The van der Waals surface area contributed by atoms with Crippen LogP contribution in [-0.4, -0.2) is 12.9 Å². The van der Waals surface area contributed by atoms with E-state index in [2.05, 4.69) is 11.4 Å². The molecule has 0 aliphatic carbocycles. The zero-order chi connectivity index (χ0) is 25.9. The van der Waals surface area contributed by atoms with Gasteiger partial charge in [0.2, 0.25) is 0 Å². The van der Waals surface area contributed by atoms with Crippen LogP contribution in [0.3, 0.4) is 0 Å². The standard InChI is InChI=1S/C29H20Cl3NO3S/c1-35-26-10-7-17(12-19(26)16-36-27-15-21(31)20(30)14-22(27)32)6-9-25(34)18-8-11-29-24(13-18)33-23-4-2-3-5-28(23)37-29/h2-15,33H,16H2,1H3/b9-6+. The summed E-state index contributed by atoms with van der Waals surface area (Å²) in [6.45, 7) is 0.187. The number of rotatable bonds is 7. The van der Waals surface area contributed by atoms with E-state index in [1.807, 2.05) is 54.6 Å². The minimum Gasteiger partial charge on any atom is -0.496 e. The number of methoxy groups -OCH3 is 1. The molecule has 4 nitrogen and oxygen atoms in total. The van der Waals surface area contributed by atoms with E-state index < -0.39 is 0 Å². The number of nitrogens with one attached hydrogen (secondary N) is 1. The number of anilines is 2. The molecule has 0 aromatic heterocycles. The molecule has 0 saturated heterocycles. The van der Waals surface area contributed by atoms with E-state index >= 15 is 0 Å². The monoisotopic (exact) mass is 567 g/mol. The normalized spacial score (nSPS) is 12.0. The van der Waals surface area contributed by atoms with Crippen LogP contribution in [0, 0.1) is 0 Å². The van der Waals surface area contributed by atoms with Gasteiger partial charge in [0.25, 0.3) is 0 Å². The number of halogens is 3. The highest BCUT2D eigenvalue weighted by molar-refractivity contribution is 7.99. The summed E-state index contributed by atoms with van der Waals surface area (Å²) in [5.41, 5.74) is 4.18. The van der Waals surface area contributed by atoms with Gasteiger partial charge in [-0.05, 0) is 60.2 Å². The van der Waals surface area contributed by atoms with Crippen molar-refractivity contribution in [1.29, 1.82) is 0 Å². The minimum atomic E-state index is -0.0929. The number of hydrogen-bond acceptors (Lipinski definition) is 5. The predicted molar refractivity (Wildman–Crippen MR) is 152 cm³/mol. The number of carbonyl (C=O) groups excluding carboxylic acids is 1. The van der Waals surface area contributed by atoms with Crippen LogP contribution in [0.1, 0.15) is 21.5 Å². The quantitative estimate of drug-likeness (QED) is 0.120. The highest BCUT2D eigenvalue weighted by Crippen LogP contribution is 2.44. The van der Waals surface area contributed by atoms with Gasteiger partial charge in [0.15, 0.2) is 5.78 Å². The Labute approximate surface area is 234 Å². The fourth-order valence-corrected chi connectivity index (χ4v) is 5.41. The molecule has 0 fully saturated rings. The van der Waals surface area contributed by atoms with E-state index in [0.717, 1.165) is 32.3 Å². The van der Waals surface area contributed by atoms with Crippen LogP contribution in [0.4, 0.5) is 11.4 Å². The van der Waals surface area contributed by atoms with Gasteiger partial charge < -0.3 is 14.8 Å². The number of hydrogen-bond donors (Lipinski definition) is 1. The molecular weight excluding hydrogens is 549 g/mol. The van der Waals surface area contributed by atoms with Crippen molar-refractivity contribution in [3.63, 3.8) is 0 Å². The summed E-state index contributed by atoms with van der Waals surface area (Å²) in [7, 11) is 1.59. The number of fused-ring (bicyclic) bond motifs is 2. The van der Waals surface area contributed by atoms with E-state index in [4.69, 9.17) is 44.3 Å². The van der Waals surface area contributed by atoms with Crippen LogP contribution in [0.15, 0.2) is 88.7 Å². The highest BCUT2D eigenvalue weighted by atomic mass is 35.5. The first-order valence-electron chi connectivity index (χ1n) is 11.3. The second kappa shape index (κ2) is 11.1. The third kappa shape index (κ3) is 5.76. The maximum absolute atomic E-state index is 13.0. The summed E-state index contributed by atoms with van der Waals surface area (Å²) >= 11 is 20.0. The van der Waals surface area contributed by atoms with Crippen molar-refractivity contribution < 1.29 is 14.3 Å². The first kappa shape index (κ1) is 25.6. The SMILES string of the molecule is COc1ccc(/C=C/C(=O)c2ccc3c(c2)Nc2ccccc2S3)cc1COc1cc(Cl)c(Cl)cc1Cl. The molecule has 0 radical (unpaired) electrons. The Morgan fingerprint density at radius 3 is 2.49 bits per heavy atom. The van der Waals surface area contributed by atoms with Crippen molar-refractivity contribution in [2.75, 3.05) is 12.4 Å². The summed E-state index contributed by atoms with van der Waals surface area (Å²) < 4.78 is 11.3. The fraction of sp³-hybridized carbons (Fsp3) is 0.0690. The molecule has 37 heavy (non-hydrogen) atoms. The lowest BCUT2D eigenvalue weighted by Crippen LogP contribution is -2.02. The molecule has 0 bridgehead atoms. The maximum atomic E-state index is 13.0. The molecular formula is C29H20Cl3NO3S.